The zero-order chi connectivity index (χ0) is 22.3. The van der Waals surface area contributed by atoms with E-state index in [0.717, 1.165) is 20.7 Å². The van der Waals surface area contributed by atoms with E-state index in [9.17, 15) is 9.59 Å². The molecule has 9 heteroatoms. The third-order valence-corrected chi connectivity index (χ3v) is 6.42. The van der Waals surface area contributed by atoms with Crippen molar-refractivity contribution in [2.75, 3.05) is 12.3 Å². The van der Waals surface area contributed by atoms with E-state index in [2.05, 4.69) is 31.3 Å². The Kier molecular flexibility index (Phi) is 7.39. The summed E-state index contributed by atoms with van der Waals surface area (Å²) in [4.78, 5) is 30.5. The van der Waals surface area contributed by atoms with Crippen molar-refractivity contribution in [2.24, 2.45) is 0 Å². The molecule has 2 aromatic heterocycles. The molecule has 7 nitrogen and oxygen atoms in total. The molecule has 4 aromatic rings. The summed E-state index contributed by atoms with van der Waals surface area (Å²) in [5, 5.41) is 7.67. The van der Waals surface area contributed by atoms with Gasteiger partial charge in [-0.25, -0.2) is 9.67 Å². The fraction of sp³-hybridized carbons (Fsp3) is 0.217. The molecule has 32 heavy (non-hydrogen) atoms. The van der Waals surface area contributed by atoms with Gasteiger partial charge in [0.05, 0.1) is 19.3 Å². The van der Waals surface area contributed by atoms with Gasteiger partial charge >= 0.3 is 0 Å². The number of thioether (sulfide) groups is 1. The Hall–Kier alpha value is -2.91. The maximum absolute atomic E-state index is 12.8. The average molecular weight is 512 g/mol. The molecule has 2 aromatic carbocycles. The number of hydrogen-bond donors (Lipinski definition) is 1. The topological polar surface area (TPSA) is 81.8 Å². The molecule has 0 saturated carbocycles. The molecule has 0 fully saturated rings. The first-order chi connectivity index (χ1) is 15.6. The fourth-order valence-corrected chi connectivity index (χ4v) is 4.37. The van der Waals surface area contributed by atoms with Crippen LogP contribution in [0.15, 0.2) is 81.3 Å². The highest BCUT2D eigenvalue weighted by atomic mass is 79.9. The molecule has 4 rings (SSSR count). The van der Waals surface area contributed by atoms with Crippen molar-refractivity contribution in [3.63, 3.8) is 0 Å². The maximum atomic E-state index is 12.8. The van der Waals surface area contributed by atoms with Gasteiger partial charge in [-0.1, -0.05) is 46.3 Å². The molecule has 2 heterocycles. The highest BCUT2D eigenvalue weighted by Crippen LogP contribution is 2.17. The third kappa shape index (κ3) is 5.66. The lowest BCUT2D eigenvalue weighted by atomic mass is 10.2. The van der Waals surface area contributed by atoms with Gasteiger partial charge in [0, 0.05) is 28.1 Å². The van der Waals surface area contributed by atoms with Crippen LogP contribution in [-0.2, 0) is 17.9 Å². The Bertz CT molecular complexity index is 1260. The van der Waals surface area contributed by atoms with Gasteiger partial charge in [0.2, 0.25) is 5.91 Å². The Morgan fingerprint density at radius 1 is 1.09 bits per heavy atom. The molecule has 0 unspecified atom stereocenters. The Balaban J connectivity index is 1.31. The first-order valence-electron chi connectivity index (χ1n) is 10.2. The maximum Gasteiger partial charge on any atom is 0.264 e. The number of carbonyl (C=O) groups excluding carboxylic acids is 1. The second-order valence-electron chi connectivity index (χ2n) is 7.17. The van der Waals surface area contributed by atoms with Crippen molar-refractivity contribution in [3.05, 3.63) is 87.5 Å². The molecule has 164 valence electrons. The quantitative estimate of drug-likeness (QED) is 0.346. The highest BCUT2D eigenvalue weighted by molar-refractivity contribution is 9.10. The van der Waals surface area contributed by atoms with E-state index in [1.807, 2.05) is 54.6 Å². The van der Waals surface area contributed by atoms with Gasteiger partial charge in [-0.3, -0.25) is 14.2 Å². The molecule has 1 N–H and O–H groups in total. The number of nitrogens with one attached hydrogen (secondary N) is 1. The van der Waals surface area contributed by atoms with Crippen molar-refractivity contribution < 1.29 is 4.79 Å². The molecular weight excluding hydrogens is 490 g/mol. The summed E-state index contributed by atoms with van der Waals surface area (Å²) in [5.41, 5.74) is 1.40. The fourth-order valence-electron chi connectivity index (χ4n) is 3.23. The number of rotatable bonds is 9. The summed E-state index contributed by atoms with van der Waals surface area (Å²) in [5.74, 6) is 0.717. The first-order valence-corrected chi connectivity index (χ1v) is 12.0. The molecule has 0 aliphatic heterocycles. The summed E-state index contributed by atoms with van der Waals surface area (Å²) in [6.07, 6.45) is 3.53. The highest BCUT2D eigenvalue weighted by Gasteiger charge is 2.11. The van der Waals surface area contributed by atoms with E-state index in [-0.39, 0.29) is 11.5 Å². The van der Waals surface area contributed by atoms with Crippen LogP contribution in [0, 0.1) is 0 Å². The lowest BCUT2D eigenvalue weighted by Gasteiger charge is -2.08. The second kappa shape index (κ2) is 10.6. The third-order valence-electron chi connectivity index (χ3n) is 4.88. The predicted molar refractivity (Wildman–Crippen MR) is 130 cm³/mol. The summed E-state index contributed by atoms with van der Waals surface area (Å²) >= 11 is 5.07. The van der Waals surface area contributed by atoms with Crippen LogP contribution in [0.2, 0.25) is 0 Å². The van der Waals surface area contributed by atoms with Crippen LogP contribution < -0.4 is 10.9 Å². The minimum Gasteiger partial charge on any atom is -0.354 e. The van der Waals surface area contributed by atoms with Gasteiger partial charge < -0.3 is 5.32 Å². The van der Waals surface area contributed by atoms with Crippen LogP contribution in [0.4, 0.5) is 0 Å². The molecule has 0 radical (unpaired) electrons. The molecule has 0 saturated heterocycles. The number of amides is 1. The van der Waals surface area contributed by atoms with E-state index in [1.165, 1.54) is 0 Å². The number of nitrogens with zero attached hydrogens (tertiary/aromatic N) is 4. The number of carbonyl (C=O) groups is 1. The van der Waals surface area contributed by atoms with Crippen molar-refractivity contribution in [2.45, 2.75) is 24.4 Å². The van der Waals surface area contributed by atoms with Gasteiger partial charge in [-0.05, 0) is 29.8 Å². The van der Waals surface area contributed by atoms with Crippen molar-refractivity contribution in [1.29, 1.82) is 0 Å². The number of benzene rings is 2. The first kappa shape index (κ1) is 22.3. The van der Waals surface area contributed by atoms with Crippen molar-refractivity contribution in [1.82, 2.24) is 24.6 Å². The Morgan fingerprint density at radius 2 is 1.88 bits per heavy atom. The summed E-state index contributed by atoms with van der Waals surface area (Å²) < 4.78 is 4.22. The predicted octanol–water partition coefficient (Wildman–Crippen LogP) is 3.70. The van der Waals surface area contributed by atoms with Crippen LogP contribution in [0.25, 0.3) is 11.0 Å². The van der Waals surface area contributed by atoms with Crippen LogP contribution >= 0.6 is 27.7 Å². The lowest BCUT2D eigenvalue weighted by molar-refractivity contribution is -0.120. The van der Waals surface area contributed by atoms with Gasteiger partial charge in [0.25, 0.3) is 5.56 Å². The normalized spacial score (nSPS) is 11.0. The molecule has 0 bridgehead atoms. The number of aromatic nitrogens is 4. The summed E-state index contributed by atoms with van der Waals surface area (Å²) in [7, 11) is 0. The lowest BCUT2D eigenvalue weighted by Crippen LogP contribution is -2.28. The summed E-state index contributed by atoms with van der Waals surface area (Å²) in [6, 6.07) is 17.8. The average Bonchev–Trinajstić information content (AvgIpc) is 3.22. The van der Waals surface area contributed by atoms with Gasteiger partial charge in [-0.15, -0.1) is 11.8 Å². The van der Waals surface area contributed by atoms with E-state index in [4.69, 9.17) is 0 Å². The van der Waals surface area contributed by atoms with Crippen LogP contribution in [0.3, 0.4) is 0 Å². The monoisotopic (exact) mass is 511 g/mol. The van der Waals surface area contributed by atoms with E-state index in [1.54, 1.807) is 33.5 Å². The van der Waals surface area contributed by atoms with E-state index in [0.29, 0.717) is 37.1 Å². The van der Waals surface area contributed by atoms with Crippen LogP contribution in [-0.4, -0.2) is 37.5 Å². The number of hydrogen-bond acceptors (Lipinski definition) is 5. The Morgan fingerprint density at radius 3 is 2.66 bits per heavy atom. The second-order valence-corrected chi connectivity index (χ2v) is 9.25. The standard InChI is InChI=1S/C23H22BrN5O2S/c24-18-8-6-17(7-9-18)15-28-16-26-22-20(23(28)31)14-27-29(22)12-11-25-21(30)10-13-32-19-4-2-1-3-5-19/h1-9,14,16H,10-13,15H2,(H,25,30). The Labute approximate surface area is 198 Å². The van der Waals surface area contributed by atoms with Gasteiger partial charge in [0.1, 0.15) is 11.7 Å². The van der Waals surface area contributed by atoms with Crippen LogP contribution in [0.1, 0.15) is 12.0 Å². The molecule has 0 aliphatic rings. The van der Waals surface area contributed by atoms with Crippen molar-refractivity contribution in [3.8, 4) is 0 Å². The van der Waals surface area contributed by atoms with Gasteiger partial charge in [0.15, 0.2) is 5.65 Å². The van der Waals surface area contributed by atoms with Gasteiger partial charge in [-0.2, -0.15) is 5.10 Å². The molecule has 0 atom stereocenters. The molecule has 1 amide bonds. The summed E-state index contributed by atoms with van der Waals surface area (Å²) in [6.45, 7) is 1.32. The zero-order valence-corrected chi connectivity index (χ0v) is 19.7. The molecule has 0 aliphatic carbocycles. The molecule has 0 spiro atoms. The van der Waals surface area contributed by atoms with Crippen molar-refractivity contribution >= 4 is 44.6 Å². The van der Waals surface area contributed by atoms with Crippen LogP contribution in [0.5, 0.6) is 0 Å². The molecular formula is C23H22BrN5O2S. The minimum absolute atomic E-state index is 0.00490. The smallest absolute Gasteiger partial charge is 0.264 e. The SMILES string of the molecule is O=C(CCSc1ccccc1)NCCn1ncc2c(=O)n(Cc3ccc(Br)cc3)cnc21. The number of fused-ring (bicyclic) bond motifs is 1. The minimum atomic E-state index is -0.133. The van der Waals surface area contributed by atoms with E-state index < -0.39 is 0 Å². The number of halogens is 1. The zero-order valence-electron chi connectivity index (χ0n) is 17.3. The van der Waals surface area contributed by atoms with E-state index >= 15 is 0 Å². The largest absolute Gasteiger partial charge is 0.354 e.